The number of hydrogen-bond donors (Lipinski definition) is 1. The summed E-state index contributed by atoms with van der Waals surface area (Å²) in [4.78, 5) is 16.4. The molecule has 6 nitrogen and oxygen atoms in total. The van der Waals surface area contributed by atoms with Crippen molar-refractivity contribution in [2.45, 2.75) is 26.4 Å². The van der Waals surface area contributed by atoms with Crippen LogP contribution >= 0.6 is 0 Å². The fraction of sp³-hybridized carbons (Fsp3) is 0.600. The van der Waals surface area contributed by atoms with Gasteiger partial charge in [-0.1, -0.05) is 11.1 Å². The van der Waals surface area contributed by atoms with Gasteiger partial charge >= 0.3 is 0 Å². The monoisotopic (exact) mass is 290 g/mol. The number of nitrogens with one attached hydrogen (secondary N) is 1. The number of amides is 1. The lowest BCUT2D eigenvalue weighted by atomic mass is 10.2. The fourth-order valence-corrected chi connectivity index (χ4v) is 2.47. The van der Waals surface area contributed by atoms with E-state index in [1.165, 1.54) is 0 Å². The topological polar surface area (TPSA) is 61.6 Å². The van der Waals surface area contributed by atoms with Gasteiger partial charge in [-0.3, -0.25) is 14.6 Å². The maximum absolute atomic E-state index is 11.9. The fourth-order valence-electron chi connectivity index (χ4n) is 2.47. The number of nitrogens with zero attached hydrogens (tertiary/aromatic N) is 3. The summed E-state index contributed by atoms with van der Waals surface area (Å²) in [5.74, 6) is 3.30. The number of piperazine rings is 1. The van der Waals surface area contributed by atoms with Crippen molar-refractivity contribution < 1.29 is 9.32 Å². The van der Waals surface area contributed by atoms with Crippen LogP contribution in [0.15, 0.2) is 10.6 Å². The molecular weight excluding hydrogens is 268 g/mol. The lowest BCUT2D eigenvalue weighted by molar-refractivity contribution is -0.126. The van der Waals surface area contributed by atoms with Gasteiger partial charge in [-0.05, 0) is 13.8 Å². The lowest BCUT2D eigenvalue weighted by Crippen LogP contribution is -2.53. The van der Waals surface area contributed by atoms with E-state index in [2.05, 4.69) is 26.2 Å². The number of carbonyl (C=O) groups excluding carboxylic acids is 1. The molecular formula is C15H22N4O2. The van der Waals surface area contributed by atoms with Crippen molar-refractivity contribution >= 4 is 5.91 Å². The Bertz CT molecular complexity index is 512. The molecule has 1 N–H and O–H groups in total. The van der Waals surface area contributed by atoms with Gasteiger partial charge < -0.3 is 9.84 Å². The van der Waals surface area contributed by atoms with Gasteiger partial charge in [-0.15, -0.1) is 6.42 Å². The van der Waals surface area contributed by atoms with Crippen LogP contribution in [0.3, 0.4) is 0 Å². The van der Waals surface area contributed by atoms with Crippen LogP contribution in [0, 0.1) is 19.3 Å². The Hall–Kier alpha value is -1.84. The van der Waals surface area contributed by atoms with Gasteiger partial charge in [-0.2, -0.15) is 0 Å². The van der Waals surface area contributed by atoms with Crippen LogP contribution in [0.5, 0.6) is 0 Å². The molecule has 1 aliphatic heterocycles. The highest BCUT2D eigenvalue weighted by Gasteiger charge is 2.25. The van der Waals surface area contributed by atoms with E-state index < -0.39 is 0 Å². The van der Waals surface area contributed by atoms with E-state index in [9.17, 15) is 4.79 Å². The van der Waals surface area contributed by atoms with Crippen molar-refractivity contribution in [1.82, 2.24) is 20.3 Å². The number of terminal acetylenes is 1. The predicted molar refractivity (Wildman–Crippen MR) is 79.4 cm³/mol. The van der Waals surface area contributed by atoms with E-state index in [1.54, 1.807) is 0 Å². The molecule has 1 atom stereocenters. The largest absolute Gasteiger partial charge is 0.360 e. The molecule has 1 aromatic rings. The smallest absolute Gasteiger partial charge is 0.237 e. The molecule has 2 heterocycles. The standard InChI is InChI=1S/C15H22N4O2/c1-4-5-16-15(20)13(3)19-8-6-18(7-9-19)11-14-10-12(2)17-21-14/h1,10,13H,5-9,11H2,2-3H3,(H,16,20). The molecule has 0 bridgehead atoms. The predicted octanol–water partition coefficient (Wildman–Crippen LogP) is 0.239. The second-order valence-electron chi connectivity index (χ2n) is 5.34. The van der Waals surface area contributed by atoms with Crippen LogP contribution in [0.25, 0.3) is 0 Å². The second-order valence-corrected chi connectivity index (χ2v) is 5.34. The Morgan fingerprint density at radius 2 is 2.24 bits per heavy atom. The number of hydrogen-bond acceptors (Lipinski definition) is 5. The molecule has 0 radical (unpaired) electrons. The quantitative estimate of drug-likeness (QED) is 0.787. The summed E-state index contributed by atoms with van der Waals surface area (Å²) in [7, 11) is 0. The molecule has 21 heavy (non-hydrogen) atoms. The number of aromatic nitrogens is 1. The zero-order valence-electron chi connectivity index (χ0n) is 12.6. The third-order valence-corrected chi connectivity index (χ3v) is 3.75. The van der Waals surface area contributed by atoms with Crippen molar-refractivity contribution in [3.05, 3.63) is 17.5 Å². The van der Waals surface area contributed by atoms with Crippen LogP contribution in [-0.4, -0.2) is 59.6 Å². The number of aryl methyl sites for hydroxylation is 1. The highest BCUT2D eigenvalue weighted by atomic mass is 16.5. The van der Waals surface area contributed by atoms with Crippen LogP contribution in [-0.2, 0) is 11.3 Å². The highest BCUT2D eigenvalue weighted by molar-refractivity contribution is 5.81. The molecule has 114 valence electrons. The normalized spacial score (nSPS) is 18.1. The van der Waals surface area contributed by atoms with Gasteiger partial charge in [-0.25, -0.2) is 0 Å². The molecule has 1 amide bonds. The van der Waals surface area contributed by atoms with Crippen molar-refractivity contribution in [1.29, 1.82) is 0 Å². The van der Waals surface area contributed by atoms with Crippen molar-refractivity contribution in [2.24, 2.45) is 0 Å². The maximum Gasteiger partial charge on any atom is 0.237 e. The van der Waals surface area contributed by atoms with Crippen LogP contribution in [0.1, 0.15) is 18.4 Å². The SMILES string of the molecule is C#CCNC(=O)C(C)N1CCN(Cc2cc(C)no2)CC1. The molecule has 1 aromatic heterocycles. The summed E-state index contributed by atoms with van der Waals surface area (Å²) in [6, 6.07) is 1.82. The molecule has 1 saturated heterocycles. The summed E-state index contributed by atoms with van der Waals surface area (Å²) < 4.78 is 5.24. The van der Waals surface area contributed by atoms with E-state index in [4.69, 9.17) is 10.9 Å². The molecule has 6 heteroatoms. The first-order valence-corrected chi connectivity index (χ1v) is 7.20. The summed E-state index contributed by atoms with van der Waals surface area (Å²) in [5.41, 5.74) is 0.905. The minimum atomic E-state index is -0.145. The molecule has 1 aliphatic rings. The molecule has 1 unspecified atom stereocenters. The van der Waals surface area contributed by atoms with Crippen LogP contribution < -0.4 is 5.32 Å². The first-order chi connectivity index (χ1) is 10.1. The average Bonchev–Trinajstić information content (AvgIpc) is 2.90. The van der Waals surface area contributed by atoms with Crippen molar-refractivity contribution in [3.63, 3.8) is 0 Å². The molecule has 0 aliphatic carbocycles. The van der Waals surface area contributed by atoms with Crippen LogP contribution in [0.2, 0.25) is 0 Å². The first kappa shape index (κ1) is 15.5. The minimum absolute atomic E-state index is 0.00717. The van der Waals surface area contributed by atoms with E-state index in [0.717, 1.165) is 44.2 Å². The molecule has 0 saturated carbocycles. The first-order valence-electron chi connectivity index (χ1n) is 7.20. The Morgan fingerprint density at radius 3 is 2.81 bits per heavy atom. The highest BCUT2D eigenvalue weighted by Crippen LogP contribution is 2.11. The van der Waals surface area contributed by atoms with Crippen LogP contribution in [0.4, 0.5) is 0 Å². The number of rotatable bonds is 5. The minimum Gasteiger partial charge on any atom is -0.360 e. The average molecular weight is 290 g/mol. The zero-order valence-corrected chi connectivity index (χ0v) is 12.6. The Kier molecular flexibility index (Phi) is 5.37. The van der Waals surface area contributed by atoms with Gasteiger partial charge in [0.1, 0.15) is 0 Å². The van der Waals surface area contributed by atoms with E-state index in [-0.39, 0.29) is 18.5 Å². The van der Waals surface area contributed by atoms with E-state index in [0.29, 0.717) is 0 Å². The molecule has 0 spiro atoms. The van der Waals surface area contributed by atoms with E-state index in [1.807, 2.05) is 19.9 Å². The Morgan fingerprint density at radius 1 is 1.52 bits per heavy atom. The van der Waals surface area contributed by atoms with Gasteiger partial charge in [0.25, 0.3) is 0 Å². The van der Waals surface area contributed by atoms with Crippen molar-refractivity contribution in [3.8, 4) is 12.3 Å². The van der Waals surface area contributed by atoms with Gasteiger partial charge in [0.2, 0.25) is 5.91 Å². The summed E-state index contributed by atoms with van der Waals surface area (Å²) in [6.45, 7) is 8.43. The van der Waals surface area contributed by atoms with E-state index >= 15 is 0 Å². The molecule has 2 rings (SSSR count). The Labute approximate surface area is 125 Å². The molecule has 1 fully saturated rings. The van der Waals surface area contributed by atoms with Crippen molar-refractivity contribution in [2.75, 3.05) is 32.7 Å². The Balaban J connectivity index is 1.77. The third kappa shape index (κ3) is 4.31. The third-order valence-electron chi connectivity index (χ3n) is 3.75. The number of carbonyl (C=O) groups is 1. The summed E-state index contributed by atoms with van der Waals surface area (Å²) in [6.07, 6.45) is 5.15. The summed E-state index contributed by atoms with van der Waals surface area (Å²) in [5, 5.41) is 6.63. The van der Waals surface area contributed by atoms with Gasteiger partial charge in [0.05, 0.1) is 24.8 Å². The maximum atomic E-state index is 11.9. The second kappa shape index (κ2) is 7.25. The van der Waals surface area contributed by atoms with Gasteiger partial charge in [0.15, 0.2) is 5.76 Å². The van der Waals surface area contributed by atoms with Gasteiger partial charge in [0, 0.05) is 32.2 Å². The lowest BCUT2D eigenvalue weighted by Gasteiger charge is -2.36. The molecule has 0 aromatic carbocycles. The summed E-state index contributed by atoms with van der Waals surface area (Å²) >= 11 is 0. The zero-order chi connectivity index (χ0) is 15.2.